The molecule has 2 aromatic heterocycles. The molecule has 1 N–H and O–H groups in total. The minimum Gasteiger partial charge on any atom is -0.481 e. The van der Waals surface area contributed by atoms with Gasteiger partial charge in [0.05, 0.1) is 11.3 Å². The number of rotatable bonds is 4. The van der Waals surface area contributed by atoms with Gasteiger partial charge in [-0.15, -0.1) is 11.3 Å². The topological polar surface area (TPSA) is 72.2 Å². The summed E-state index contributed by atoms with van der Waals surface area (Å²) >= 11 is 1.51. The highest BCUT2D eigenvalue weighted by Gasteiger charge is 2.32. The third kappa shape index (κ3) is 2.59. The second-order valence-corrected chi connectivity index (χ2v) is 7.57. The molecule has 1 aliphatic carbocycles. The van der Waals surface area contributed by atoms with Crippen molar-refractivity contribution in [3.8, 4) is 0 Å². The Morgan fingerprint density at radius 2 is 2.22 bits per heavy atom. The zero-order chi connectivity index (χ0) is 16.7. The second-order valence-electron chi connectivity index (χ2n) is 6.48. The van der Waals surface area contributed by atoms with E-state index in [1.807, 2.05) is 20.8 Å². The monoisotopic (exact) mass is 334 g/mol. The number of aryl methyl sites for hydroxylation is 1. The van der Waals surface area contributed by atoms with E-state index in [4.69, 9.17) is 4.98 Å². The molecule has 1 unspecified atom stereocenters. The number of carboxylic acids is 1. The molecular weight excluding hydrogens is 312 g/mol. The van der Waals surface area contributed by atoms with E-state index < -0.39 is 11.9 Å². The highest BCUT2D eigenvalue weighted by atomic mass is 32.1. The van der Waals surface area contributed by atoms with Crippen LogP contribution in [0.3, 0.4) is 0 Å². The van der Waals surface area contributed by atoms with Crippen LogP contribution < -0.4 is 5.56 Å². The third-order valence-corrected chi connectivity index (χ3v) is 5.62. The standard InChI is InChI=1S/C17H22N2O3S/c1-4-8-19-14(9(2)3)18-15-13(16(19)20)12-10(17(21)22)6-5-7-11(12)23-15/h9-10H,4-8H2,1-3H3,(H,21,22). The van der Waals surface area contributed by atoms with Crippen molar-refractivity contribution in [1.82, 2.24) is 9.55 Å². The molecule has 2 aromatic rings. The average molecular weight is 334 g/mol. The maximum Gasteiger partial charge on any atom is 0.311 e. The number of hydrogen-bond donors (Lipinski definition) is 1. The van der Waals surface area contributed by atoms with Crippen molar-refractivity contribution in [2.75, 3.05) is 0 Å². The van der Waals surface area contributed by atoms with E-state index in [2.05, 4.69) is 0 Å². The number of nitrogens with zero attached hydrogens (tertiary/aromatic N) is 2. The summed E-state index contributed by atoms with van der Waals surface area (Å²) in [5.74, 6) is -0.440. The zero-order valence-electron chi connectivity index (χ0n) is 13.8. The van der Waals surface area contributed by atoms with E-state index in [1.54, 1.807) is 4.57 Å². The number of aliphatic carboxylic acids is 1. The molecule has 0 fully saturated rings. The van der Waals surface area contributed by atoms with Gasteiger partial charge in [-0.2, -0.15) is 0 Å². The van der Waals surface area contributed by atoms with Crippen molar-refractivity contribution in [1.29, 1.82) is 0 Å². The van der Waals surface area contributed by atoms with E-state index in [-0.39, 0.29) is 11.5 Å². The van der Waals surface area contributed by atoms with Crippen LogP contribution in [-0.4, -0.2) is 20.6 Å². The van der Waals surface area contributed by atoms with Crippen molar-refractivity contribution in [2.45, 2.75) is 64.8 Å². The van der Waals surface area contributed by atoms with Crippen molar-refractivity contribution in [3.05, 3.63) is 26.6 Å². The predicted octanol–water partition coefficient (Wildman–Crippen LogP) is 3.50. The molecule has 0 saturated carbocycles. The number of carbonyl (C=O) groups is 1. The number of thiophene rings is 1. The Bertz CT molecular complexity index is 819. The maximum atomic E-state index is 13.1. The van der Waals surface area contributed by atoms with Crippen LogP contribution in [0.15, 0.2) is 4.79 Å². The highest BCUT2D eigenvalue weighted by Crippen LogP contribution is 2.40. The van der Waals surface area contributed by atoms with Crippen LogP contribution in [0.4, 0.5) is 0 Å². The molecule has 5 nitrogen and oxygen atoms in total. The van der Waals surface area contributed by atoms with E-state index in [0.717, 1.165) is 35.5 Å². The fourth-order valence-corrected chi connectivity index (χ4v) is 4.73. The molecule has 0 bridgehead atoms. The van der Waals surface area contributed by atoms with E-state index in [0.29, 0.717) is 23.2 Å². The van der Waals surface area contributed by atoms with Crippen LogP contribution in [0.1, 0.15) is 68.1 Å². The molecule has 23 heavy (non-hydrogen) atoms. The molecule has 0 amide bonds. The van der Waals surface area contributed by atoms with E-state index in [1.165, 1.54) is 11.3 Å². The fourth-order valence-electron chi connectivity index (χ4n) is 3.46. The van der Waals surface area contributed by atoms with Gasteiger partial charge in [-0.05, 0) is 31.2 Å². The first-order valence-electron chi connectivity index (χ1n) is 8.24. The molecule has 0 aliphatic heterocycles. The van der Waals surface area contributed by atoms with Crippen LogP contribution in [0.2, 0.25) is 0 Å². The molecule has 1 atom stereocenters. The van der Waals surface area contributed by atoms with Gasteiger partial charge in [0.2, 0.25) is 0 Å². The number of aromatic nitrogens is 2. The molecule has 1 aliphatic rings. The van der Waals surface area contributed by atoms with Crippen LogP contribution in [0, 0.1) is 0 Å². The second kappa shape index (κ2) is 6.07. The Hall–Kier alpha value is -1.69. The van der Waals surface area contributed by atoms with E-state index >= 15 is 0 Å². The predicted molar refractivity (Wildman–Crippen MR) is 91.6 cm³/mol. The van der Waals surface area contributed by atoms with Gasteiger partial charge in [-0.1, -0.05) is 20.8 Å². The Morgan fingerprint density at radius 1 is 1.48 bits per heavy atom. The summed E-state index contributed by atoms with van der Waals surface area (Å²) in [6.07, 6.45) is 3.16. The smallest absolute Gasteiger partial charge is 0.311 e. The Labute approximate surface area is 139 Å². The molecule has 6 heteroatoms. The average Bonchev–Trinajstić information content (AvgIpc) is 2.88. The summed E-state index contributed by atoms with van der Waals surface area (Å²) in [4.78, 5) is 31.2. The van der Waals surface area contributed by atoms with Crippen molar-refractivity contribution in [3.63, 3.8) is 0 Å². The van der Waals surface area contributed by atoms with Gasteiger partial charge in [-0.25, -0.2) is 4.98 Å². The lowest BCUT2D eigenvalue weighted by Gasteiger charge is -2.19. The lowest BCUT2D eigenvalue weighted by atomic mass is 9.86. The normalized spacial score (nSPS) is 17.7. The summed E-state index contributed by atoms with van der Waals surface area (Å²) in [5.41, 5.74) is 0.674. The summed E-state index contributed by atoms with van der Waals surface area (Å²) in [7, 11) is 0. The summed E-state index contributed by atoms with van der Waals surface area (Å²) in [6, 6.07) is 0. The largest absolute Gasteiger partial charge is 0.481 e. The van der Waals surface area contributed by atoms with Gasteiger partial charge in [-0.3, -0.25) is 14.2 Å². The van der Waals surface area contributed by atoms with Gasteiger partial charge >= 0.3 is 5.97 Å². The van der Waals surface area contributed by atoms with Crippen molar-refractivity contribution in [2.24, 2.45) is 0 Å². The highest BCUT2D eigenvalue weighted by molar-refractivity contribution is 7.18. The molecule has 0 radical (unpaired) electrons. The van der Waals surface area contributed by atoms with Crippen LogP contribution in [0.25, 0.3) is 10.2 Å². The van der Waals surface area contributed by atoms with Crippen LogP contribution >= 0.6 is 11.3 Å². The minimum atomic E-state index is -0.833. The lowest BCUT2D eigenvalue weighted by molar-refractivity contribution is -0.139. The number of fused-ring (bicyclic) bond motifs is 3. The molecule has 0 saturated heterocycles. The quantitative estimate of drug-likeness (QED) is 0.929. The fraction of sp³-hybridized carbons (Fsp3) is 0.588. The van der Waals surface area contributed by atoms with Gasteiger partial charge in [0.25, 0.3) is 5.56 Å². The Kier molecular flexibility index (Phi) is 4.27. The molecule has 124 valence electrons. The summed E-state index contributed by atoms with van der Waals surface area (Å²) < 4.78 is 1.74. The summed E-state index contributed by atoms with van der Waals surface area (Å²) in [6.45, 7) is 6.72. The van der Waals surface area contributed by atoms with Crippen LogP contribution in [0.5, 0.6) is 0 Å². The molecule has 2 heterocycles. The first kappa shape index (κ1) is 16.2. The third-order valence-electron chi connectivity index (χ3n) is 4.46. The molecule has 0 spiro atoms. The number of hydrogen-bond acceptors (Lipinski definition) is 4. The number of carboxylic acid groups (broad SMARTS) is 1. The van der Waals surface area contributed by atoms with Gasteiger partial charge in [0.1, 0.15) is 10.7 Å². The van der Waals surface area contributed by atoms with Gasteiger partial charge < -0.3 is 5.11 Å². The Morgan fingerprint density at radius 3 is 2.83 bits per heavy atom. The minimum absolute atomic E-state index is 0.0637. The molecule has 3 rings (SSSR count). The van der Waals surface area contributed by atoms with Crippen molar-refractivity contribution < 1.29 is 9.90 Å². The van der Waals surface area contributed by atoms with Crippen LogP contribution in [-0.2, 0) is 17.8 Å². The lowest BCUT2D eigenvalue weighted by Crippen LogP contribution is -2.27. The molecular formula is C17H22N2O3S. The first-order chi connectivity index (χ1) is 11.0. The van der Waals surface area contributed by atoms with Gasteiger partial charge in [0, 0.05) is 17.3 Å². The molecule has 0 aromatic carbocycles. The Balaban J connectivity index is 2.35. The maximum absolute atomic E-state index is 13.1. The van der Waals surface area contributed by atoms with Gasteiger partial charge in [0.15, 0.2) is 0 Å². The summed E-state index contributed by atoms with van der Waals surface area (Å²) in [5, 5.41) is 10.1. The first-order valence-corrected chi connectivity index (χ1v) is 9.06. The van der Waals surface area contributed by atoms with Crippen molar-refractivity contribution >= 4 is 27.5 Å². The zero-order valence-corrected chi connectivity index (χ0v) is 14.6. The SMILES string of the molecule is CCCn1c(C(C)C)nc2sc3c(c2c1=O)C(C(=O)O)CCC3. The van der Waals surface area contributed by atoms with E-state index in [9.17, 15) is 14.7 Å².